The molecule has 2 saturated heterocycles. The fourth-order valence-electron chi connectivity index (χ4n) is 3.78. The fourth-order valence-corrected chi connectivity index (χ4v) is 5.56. The van der Waals surface area contributed by atoms with E-state index in [-0.39, 0.29) is 29.5 Å². The van der Waals surface area contributed by atoms with E-state index >= 15 is 0 Å². The van der Waals surface area contributed by atoms with E-state index in [1.807, 2.05) is 13.8 Å². The van der Waals surface area contributed by atoms with Crippen LogP contribution in [0.5, 0.6) is 0 Å². The molecule has 1 aliphatic carbocycles. The summed E-state index contributed by atoms with van der Waals surface area (Å²) < 4.78 is 31.0. The van der Waals surface area contributed by atoms with Gasteiger partial charge in [-0.1, -0.05) is 18.2 Å². The van der Waals surface area contributed by atoms with Gasteiger partial charge < -0.3 is 4.74 Å². The molecule has 3 aliphatic rings. The average molecular weight is 324 g/mol. The van der Waals surface area contributed by atoms with E-state index in [9.17, 15) is 8.42 Å². The van der Waals surface area contributed by atoms with Crippen molar-refractivity contribution in [3.8, 4) is 0 Å². The molecule has 0 amide bonds. The first-order chi connectivity index (χ1) is 10.3. The van der Waals surface area contributed by atoms with E-state index in [0.717, 1.165) is 12.8 Å². The molecule has 0 spiro atoms. The van der Waals surface area contributed by atoms with Crippen LogP contribution in [-0.4, -0.2) is 37.6 Å². The number of sulfone groups is 1. The van der Waals surface area contributed by atoms with Gasteiger partial charge >= 0.3 is 0 Å². The van der Waals surface area contributed by atoms with Crippen molar-refractivity contribution in [2.75, 3.05) is 5.75 Å². The minimum Gasteiger partial charge on any atom is -0.363 e. The Morgan fingerprint density at radius 1 is 1.14 bits per heavy atom. The van der Waals surface area contributed by atoms with Gasteiger partial charge in [0.25, 0.3) is 0 Å². The van der Waals surface area contributed by atoms with Gasteiger partial charge in [0.2, 0.25) is 0 Å². The molecule has 22 heavy (non-hydrogen) atoms. The number of ether oxygens (including phenoxy) is 1. The number of hydrogen-bond acceptors (Lipinski definition) is 5. The number of benzene rings is 1. The van der Waals surface area contributed by atoms with Crippen LogP contribution in [0.15, 0.2) is 35.2 Å². The van der Waals surface area contributed by atoms with E-state index in [4.69, 9.17) is 14.5 Å². The Labute approximate surface area is 130 Å². The molecule has 120 valence electrons. The summed E-state index contributed by atoms with van der Waals surface area (Å²) >= 11 is 0. The zero-order valence-corrected chi connectivity index (χ0v) is 13.5. The summed E-state index contributed by atoms with van der Waals surface area (Å²) in [6.45, 7) is 3.87. The second kappa shape index (κ2) is 4.54. The van der Waals surface area contributed by atoms with Gasteiger partial charge in [0.15, 0.2) is 9.84 Å². The van der Waals surface area contributed by atoms with Crippen LogP contribution in [-0.2, 0) is 24.3 Å². The lowest BCUT2D eigenvalue weighted by Gasteiger charge is -2.45. The lowest BCUT2D eigenvalue weighted by atomic mass is 9.73. The van der Waals surface area contributed by atoms with Crippen molar-refractivity contribution in [2.24, 2.45) is 5.92 Å². The van der Waals surface area contributed by atoms with Crippen molar-refractivity contribution in [1.29, 1.82) is 0 Å². The molecule has 4 rings (SSSR count). The van der Waals surface area contributed by atoms with Crippen LogP contribution in [0.3, 0.4) is 0 Å². The Balaban J connectivity index is 1.58. The second-order valence-corrected chi connectivity index (χ2v) is 9.00. The second-order valence-electron chi connectivity index (χ2n) is 7.01. The fraction of sp³-hybridized carbons (Fsp3) is 0.625. The van der Waals surface area contributed by atoms with Crippen LogP contribution in [0.2, 0.25) is 0 Å². The lowest BCUT2D eigenvalue weighted by Crippen LogP contribution is -2.56. The number of fused-ring (bicyclic) bond motifs is 4. The van der Waals surface area contributed by atoms with Gasteiger partial charge in [-0.3, -0.25) is 0 Å². The number of hydrogen-bond donors (Lipinski definition) is 0. The third-order valence-electron chi connectivity index (χ3n) is 5.41. The Kier molecular flexibility index (Phi) is 3.02. The normalized spacial score (nSPS) is 43.5. The maximum Gasteiger partial charge on any atom is 0.181 e. The molecule has 2 heterocycles. The van der Waals surface area contributed by atoms with Crippen molar-refractivity contribution >= 4 is 9.84 Å². The predicted octanol–water partition coefficient (Wildman–Crippen LogP) is 2.12. The highest BCUT2D eigenvalue weighted by atomic mass is 32.2. The minimum atomic E-state index is -3.42. The zero-order valence-electron chi connectivity index (χ0n) is 12.7. The van der Waals surface area contributed by atoms with E-state index in [1.165, 1.54) is 0 Å². The van der Waals surface area contributed by atoms with E-state index in [1.54, 1.807) is 30.3 Å². The predicted molar refractivity (Wildman–Crippen MR) is 78.9 cm³/mol. The van der Waals surface area contributed by atoms with Gasteiger partial charge in [-0.25, -0.2) is 18.2 Å². The molecule has 5 nitrogen and oxygen atoms in total. The molecule has 2 aliphatic heterocycles. The van der Waals surface area contributed by atoms with Crippen LogP contribution in [0.25, 0.3) is 0 Å². The maximum atomic E-state index is 12.7. The molecule has 1 aromatic carbocycles. The Hall–Kier alpha value is -0.950. The molecule has 0 unspecified atom stereocenters. The molecular weight excluding hydrogens is 304 g/mol. The SMILES string of the molecule is C[C@@]12O[C@@H]1C[C@@H]1C[C@H]2OO[C@]1(C)CS(=O)(=O)c1ccccc1. The van der Waals surface area contributed by atoms with E-state index < -0.39 is 15.4 Å². The highest BCUT2D eigenvalue weighted by Crippen LogP contribution is 2.56. The van der Waals surface area contributed by atoms with Crippen LogP contribution in [0.1, 0.15) is 26.7 Å². The molecule has 5 atom stereocenters. The molecule has 0 radical (unpaired) electrons. The zero-order chi connectivity index (χ0) is 15.6. The topological polar surface area (TPSA) is 65.1 Å². The summed E-state index contributed by atoms with van der Waals surface area (Å²) in [4.78, 5) is 11.4. The molecular formula is C16H20O5S. The molecule has 0 N–H and O–H groups in total. The Morgan fingerprint density at radius 3 is 2.55 bits per heavy atom. The Morgan fingerprint density at radius 2 is 1.82 bits per heavy atom. The van der Waals surface area contributed by atoms with Crippen molar-refractivity contribution in [2.45, 2.75) is 55.0 Å². The van der Waals surface area contributed by atoms with Gasteiger partial charge in [0.1, 0.15) is 17.3 Å². The van der Waals surface area contributed by atoms with Crippen molar-refractivity contribution in [3.05, 3.63) is 30.3 Å². The first-order valence-electron chi connectivity index (χ1n) is 7.64. The summed E-state index contributed by atoms with van der Waals surface area (Å²) in [5.74, 6) is 0.0514. The van der Waals surface area contributed by atoms with Crippen LogP contribution in [0.4, 0.5) is 0 Å². The first kappa shape index (κ1) is 14.6. The van der Waals surface area contributed by atoms with Gasteiger partial charge in [0.05, 0.1) is 16.8 Å². The molecule has 0 aromatic heterocycles. The first-order valence-corrected chi connectivity index (χ1v) is 9.29. The molecule has 1 aromatic rings. The molecule has 6 heteroatoms. The third kappa shape index (κ3) is 2.12. The molecule has 1 saturated carbocycles. The summed E-state index contributed by atoms with van der Waals surface area (Å²) in [6.07, 6.45) is 1.69. The highest BCUT2D eigenvalue weighted by Gasteiger charge is 2.67. The smallest absolute Gasteiger partial charge is 0.181 e. The summed E-state index contributed by atoms with van der Waals surface area (Å²) in [5.41, 5.74) is -1.07. The lowest BCUT2D eigenvalue weighted by molar-refractivity contribution is -0.424. The molecule has 3 fully saturated rings. The molecule has 2 bridgehead atoms. The van der Waals surface area contributed by atoms with Crippen molar-refractivity contribution < 1.29 is 22.9 Å². The van der Waals surface area contributed by atoms with Crippen LogP contribution < -0.4 is 0 Å². The van der Waals surface area contributed by atoms with Crippen molar-refractivity contribution in [1.82, 2.24) is 0 Å². The van der Waals surface area contributed by atoms with Crippen LogP contribution in [0, 0.1) is 5.92 Å². The number of rotatable bonds is 3. The Bertz CT molecular complexity index is 688. The van der Waals surface area contributed by atoms with Crippen LogP contribution >= 0.6 is 0 Å². The van der Waals surface area contributed by atoms with Crippen molar-refractivity contribution in [3.63, 3.8) is 0 Å². The summed E-state index contributed by atoms with van der Waals surface area (Å²) in [5, 5.41) is 0. The summed E-state index contributed by atoms with van der Waals surface area (Å²) in [7, 11) is -3.42. The average Bonchev–Trinajstić information content (AvgIpc) is 3.15. The monoisotopic (exact) mass is 324 g/mol. The largest absolute Gasteiger partial charge is 0.363 e. The quantitative estimate of drug-likeness (QED) is 0.629. The van der Waals surface area contributed by atoms with Gasteiger partial charge in [-0.2, -0.15) is 0 Å². The van der Waals surface area contributed by atoms with Gasteiger partial charge in [-0.15, -0.1) is 0 Å². The third-order valence-corrected chi connectivity index (χ3v) is 7.36. The minimum absolute atomic E-state index is 0.0785. The van der Waals surface area contributed by atoms with E-state index in [0.29, 0.717) is 4.90 Å². The maximum absolute atomic E-state index is 12.7. The standard InChI is InChI=1S/C16H20O5S/c1-15(10-22(17,18)12-6-4-3-5-7-12)11-8-13-16(2,19-13)14(9-11)20-21-15/h3-7,11,13-14H,8-10H2,1-2H3/t11-,13-,14-,15-,16-/m1/s1. The van der Waals surface area contributed by atoms with Gasteiger partial charge in [-0.05, 0) is 44.7 Å². The van der Waals surface area contributed by atoms with Gasteiger partial charge in [0, 0.05) is 0 Å². The van der Waals surface area contributed by atoms with E-state index in [2.05, 4.69) is 0 Å². The summed E-state index contributed by atoms with van der Waals surface area (Å²) in [6, 6.07) is 8.50. The highest BCUT2D eigenvalue weighted by molar-refractivity contribution is 7.91. The number of epoxide rings is 1.